The molecule has 4 rings (SSSR count). The zero-order valence-corrected chi connectivity index (χ0v) is 14.6. The number of hydrogen-bond acceptors (Lipinski definition) is 5. The first-order chi connectivity index (χ1) is 12.1. The second kappa shape index (κ2) is 7.02. The third kappa shape index (κ3) is 3.57. The molecule has 136 valence electrons. The second-order valence-corrected chi connectivity index (χ2v) is 7.65. The Morgan fingerprint density at radius 1 is 1.32 bits per heavy atom. The molecule has 1 aromatic heterocycles. The van der Waals surface area contributed by atoms with Crippen LogP contribution in [0, 0.1) is 0 Å². The van der Waals surface area contributed by atoms with Crippen LogP contribution in [0.25, 0.3) is 0 Å². The Hall–Kier alpha value is -1.50. The van der Waals surface area contributed by atoms with Crippen molar-refractivity contribution in [2.45, 2.75) is 62.3 Å². The van der Waals surface area contributed by atoms with E-state index >= 15 is 0 Å². The molecule has 6 nitrogen and oxygen atoms in total. The SMILES string of the molecule is O=C(CN1[C@H]2CC[C@H]1CC(O)(c1ccccn1)C2)NC[C@H]1CCCO1. The van der Waals surface area contributed by atoms with Gasteiger partial charge in [0.25, 0.3) is 0 Å². The third-order valence-electron chi connectivity index (χ3n) is 5.94. The van der Waals surface area contributed by atoms with Gasteiger partial charge in [-0.3, -0.25) is 14.7 Å². The molecular formula is C19H27N3O3. The molecule has 3 fully saturated rings. The molecule has 3 aliphatic heterocycles. The van der Waals surface area contributed by atoms with E-state index in [1.54, 1.807) is 6.20 Å². The van der Waals surface area contributed by atoms with Gasteiger partial charge in [0.05, 0.1) is 18.3 Å². The average Bonchev–Trinajstić information content (AvgIpc) is 3.22. The van der Waals surface area contributed by atoms with Gasteiger partial charge < -0.3 is 15.2 Å². The number of nitrogens with zero attached hydrogens (tertiary/aromatic N) is 2. The fourth-order valence-electron chi connectivity index (χ4n) is 4.68. The standard InChI is InChI=1S/C19H27N3O3/c23-18(21-12-16-4-3-9-25-16)13-22-14-6-7-15(22)11-19(24,10-14)17-5-1-2-8-20-17/h1-2,5,8,14-16,24H,3-4,6-7,9-13H2,(H,21,23)/t14-,15-,16+/m0/s1. The van der Waals surface area contributed by atoms with E-state index in [0.717, 1.165) is 38.0 Å². The summed E-state index contributed by atoms with van der Waals surface area (Å²) in [5.74, 6) is 0.0654. The van der Waals surface area contributed by atoms with Gasteiger partial charge in [0, 0.05) is 31.4 Å². The lowest BCUT2D eigenvalue weighted by Gasteiger charge is -2.43. The van der Waals surface area contributed by atoms with Gasteiger partial charge in [-0.05, 0) is 50.7 Å². The number of carbonyl (C=O) groups excluding carboxylic acids is 1. The van der Waals surface area contributed by atoms with Crippen molar-refractivity contribution in [2.75, 3.05) is 19.7 Å². The van der Waals surface area contributed by atoms with Gasteiger partial charge in [0.15, 0.2) is 0 Å². The van der Waals surface area contributed by atoms with E-state index in [1.165, 1.54) is 0 Å². The number of aromatic nitrogens is 1. The van der Waals surface area contributed by atoms with E-state index in [0.29, 0.717) is 25.9 Å². The Morgan fingerprint density at radius 2 is 2.12 bits per heavy atom. The monoisotopic (exact) mass is 345 g/mol. The Balaban J connectivity index is 1.35. The second-order valence-electron chi connectivity index (χ2n) is 7.65. The lowest BCUT2D eigenvalue weighted by atomic mass is 9.83. The molecule has 3 saturated heterocycles. The highest BCUT2D eigenvalue weighted by atomic mass is 16.5. The number of ether oxygens (including phenoxy) is 1. The summed E-state index contributed by atoms with van der Waals surface area (Å²) in [6, 6.07) is 6.20. The minimum absolute atomic E-state index is 0.0654. The van der Waals surface area contributed by atoms with Gasteiger partial charge >= 0.3 is 0 Å². The first kappa shape index (κ1) is 16.9. The normalized spacial score (nSPS) is 35.0. The molecule has 3 aliphatic rings. The summed E-state index contributed by atoms with van der Waals surface area (Å²) in [6.07, 6.45) is 7.42. The van der Waals surface area contributed by atoms with E-state index in [-0.39, 0.29) is 24.1 Å². The van der Waals surface area contributed by atoms with Crippen molar-refractivity contribution in [3.05, 3.63) is 30.1 Å². The van der Waals surface area contributed by atoms with Crippen LogP contribution in [-0.2, 0) is 15.1 Å². The van der Waals surface area contributed by atoms with Crippen molar-refractivity contribution in [3.63, 3.8) is 0 Å². The molecule has 0 unspecified atom stereocenters. The van der Waals surface area contributed by atoms with Gasteiger partial charge in [-0.2, -0.15) is 0 Å². The minimum Gasteiger partial charge on any atom is -0.383 e. The number of fused-ring (bicyclic) bond motifs is 2. The molecule has 2 bridgehead atoms. The molecular weight excluding hydrogens is 318 g/mol. The fraction of sp³-hybridized carbons (Fsp3) is 0.684. The number of carbonyl (C=O) groups is 1. The average molecular weight is 345 g/mol. The fourth-order valence-corrected chi connectivity index (χ4v) is 4.68. The van der Waals surface area contributed by atoms with E-state index in [1.807, 2.05) is 18.2 Å². The molecule has 0 saturated carbocycles. The molecule has 4 heterocycles. The van der Waals surface area contributed by atoms with Crippen molar-refractivity contribution in [2.24, 2.45) is 0 Å². The van der Waals surface area contributed by atoms with Crippen LogP contribution in [0.2, 0.25) is 0 Å². The van der Waals surface area contributed by atoms with E-state index in [9.17, 15) is 9.90 Å². The first-order valence-corrected chi connectivity index (χ1v) is 9.42. The van der Waals surface area contributed by atoms with Crippen LogP contribution in [0.1, 0.15) is 44.2 Å². The lowest BCUT2D eigenvalue weighted by Crippen LogP contribution is -2.53. The molecule has 0 aromatic carbocycles. The number of nitrogens with one attached hydrogen (secondary N) is 1. The van der Waals surface area contributed by atoms with Crippen LogP contribution >= 0.6 is 0 Å². The van der Waals surface area contributed by atoms with Crippen molar-refractivity contribution in [1.29, 1.82) is 0 Å². The highest BCUT2D eigenvalue weighted by molar-refractivity contribution is 5.78. The van der Waals surface area contributed by atoms with Gasteiger partial charge in [-0.1, -0.05) is 6.07 Å². The van der Waals surface area contributed by atoms with Crippen molar-refractivity contribution >= 4 is 5.91 Å². The molecule has 3 atom stereocenters. The Labute approximate surface area is 148 Å². The lowest BCUT2D eigenvalue weighted by molar-refractivity contribution is -0.126. The van der Waals surface area contributed by atoms with Crippen LogP contribution in [-0.4, -0.2) is 58.8 Å². The zero-order chi connectivity index (χ0) is 17.3. The minimum atomic E-state index is -0.863. The molecule has 2 N–H and O–H groups in total. The van der Waals surface area contributed by atoms with Crippen molar-refractivity contribution in [1.82, 2.24) is 15.2 Å². The van der Waals surface area contributed by atoms with Gasteiger partial charge in [0.1, 0.15) is 5.60 Å². The molecule has 25 heavy (non-hydrogen) atoms. The topological polar surface area (TPSA) is 74.7 Å². The van der Waals surface area contributed by atoms with E-state index in [4.69, 9.17) is 4.74 Å². The smallest absolute Gasteiger partial charge is 0.234 e. The maximum Gasteiger partial charge on any atom is 0.234 e. The van der Waals surface area contributed by atoms with Crippen LogP contribution in [0.15, 0.2) is 24.4 Å². The highest BCUT2D eigenvalue weighted by Crippen LogP contribution is 2.44. The maximum absolute atomic E-state index is 12.3. The van der Waals surface area contributed by atoms with E-state index in [2.05, 4.69) is 15.2 Å². The maximum atomic E-state index is 12.3. The quantitative estimate of drug-likeness (QED) is 0.839. The predicted octanol–water partition coefficient (Wildman–Crippen LogP) is 1.19. The molecule has 1 aromatic rings. The summed E-state index contributed by atoms with van der Waals surface area (Å²) < 4.78 is 5.56. The van der Waals surface area contributed by atoms with Crippen LogP contribution in [0.5, 0.6) is 0 Å². The first-order valence-electron chi connectivity index (χ1n) is 9.42. The Morgan fingerprint density at radius 3 is 2.76 bits per heavy atom. The highest BCUT2D eigenvalue weighted by Gasteiger charge is 2.49. The number of amides is 1. The number of rotatable bonds is 5. The number of piperidine rings is 1. The zero-order valence-electron chi connectivity index (χ0n) is 14.6. The van der Waals surface area contributed by atoms with Crippen LogP contribution in [0.3, 0.4) is 0 Å². The number of aliphatic hydroxyl groups is 1. The van der Waals surface area contributed by atoms with Gasteiger partial charge in [0.2, 0.25) is 5.91 Å². The third-order valence-corrected chi connectivity index (χ3v) is 5.94. The summed E-state index contributed by atoms with van der Waals surface area (Å²) in [5, 5.41) is 14.1. The largest absolute Gasteiger partial charge is 0.383 e. The van der Waals surface area contributed by atoms with Gasteiger partial charge in [-0.15, -0.1) is 0 Å². The predicted molar refractivity (Wildman–Crippen MR) is 92.9 cm³/mol. The Bertz CT molecular complexity index is 589. The summed E-state index contributed by atoms with van der Waals surface area (Å²) in [7, 11) is 0. The van der Waals surface area contributed by atoms with Crippen LogP contribution < -0.4 is 5.32 Å². The summed E-state index contributed by atoms with van der Waals surface area (Å²) in [4.78, 5) is 19.0. The van der Waals surface area contributed by atoms with Crippen LogP contribution in [0.4, 0.5) is 0 Å². The molecule has 6 heteroatoms. The molecule has 0 spiro atoms. The number of pyridine rings is 1. The van der Waals surface area contributed by atoms with Crippen molar-refractivity contribution < 1.29 is 14.6 Å². The number of hydrogen-bond donors (Lipinski definition) is 2. The summed E-state index contributed by atoms with van der Waals surface area (Å²) >= 11 is 0. The molecule has 0 radical (unpaired) electrons. The van der Waals surface area contributed by atoms with E-state index < -0.39 is 5.60 Å². The van der Waals surface area contributed by atoms with Crippen molar-refractivity contribution in [3.8, 4) is 0 Å². The Kier molecular flexibility index (Phi) is 4.75. The molecule has 0 aliphatic carbocycles. The summed E-state index contributed by atoms with van der Waals surface area (Å²) in [6.45, 7) is 1.84. The summed E-state index contributed by atoms with van der Waals surface area (Å²) in [5.41, 5.74) is -0.105. The molecule has 1 amide bonds. The van der Waals surface area contributed by atoms with Gasteiger partial charge in [-0.25, -0.2) is 0 Å².